The Morgan fingerprint density at radius 3 is 2.65 bits per heavy atom. The van der Waals surface area contributed by atoms with E-state index in [-0.39, 0.29) is 18.4 Å². The maximum atomic E-state index is 12.3. The normalized spacial score (nSPS) is 23.1. The zero-order chi connectivity index (χ0) is 14.5. The lowest BCUT2D eigenvalue weighted by molar-refractivity contribution is -0.133. The third-order valence-corrected chi connectivity index (χ3v) is 4.14. The molecule has 1 aromatic carbocycles. The summed E-state index contributed by atoms with van der Waals surface area (Å²) in [7, 11) is 4.07. The average molecular weight is 276 g/mol. The van der Waals surface area contributed by atoms with E-state index >= 15 is 0 Å². The first-order valence-corrected chi connectivity index (χ1v) is 7.20. The summed E-state index contributed by atoms with van der Waals surface area (Å²) >= 11 is 0. The molecule has 1 aliphatic rings. The lowest BCUT2D eigenvalue weighted by atomic mass is 9.91. The number of aliphatic hydroxyl groups is 1. The second kappa shape index (κ2) is 6.86. The molecule has 1 aliphatic heterocycles. The van der Waals surface area contributed by atoms with E-state index < -0.39 is 0 Å². The fourth-order valence-electron chi connectivity index (χ4n) is 2.99. The van der Waals surface area contributed by atoms with E-state index in [2.05, 4.69) is 4.90 Å². The molecule has 0 spiro atoms. The minimum atomic E-state index is 0.137. The van der Waals surface area contributed by atoms with Crippen molar-refractivity contribution in [3.63, 3.8) is 0 Å². The number of carbonyl (C=O) groups excluding carboxylic acids is 1. The van der Waals surface area contributed by atoms with Crippen LogP contribution in [0.4, 0.5) is 0 Å². The predicted octanol–water partition coefficient (Wildman–Crippen LogP) is 1.00. The van der Waals surface area contributed by atoms with Gasteiger partial charge in [-0.05, 0) is 26.1 Å². The second-order valence-electron chi connectivity index (χ2n) is 5.76. The third-order valence-electron chi connectivity index (χ3n) is 4.14. The van der Waals surface area contributed by atoms with Crippen molar-refractivity contribution in [1.29, 1.82) is 0 Å². The van der Waals surface area contributed by atoms with Crippen molar-refractivity contribution >= 4 is 5.91 Å². The first-order valence-electron chi connectivity index (χ1n) is 7.20. The number of hydrogen-bond acceptors (Lipinski definition) is 3. The van der Waals surface area contributed by atoms with Crippen LogP contribution in [-0.2, 0) is 11.2 Å². The molecule has 0 saturated carbocycles. The van der Waals surface area contributed by atoms with Gasteiger partial charge in [0.15, 0.2) is 0 Å². The number of aliphatic hydroxyl groups excluding tert-OH is 1. The van der Waals surface area contributed by atoms with E-state index in [1.807, 2.05) is 49.3 Å². The molecule has 2 atom stereocenters. The van der Waals surface area contributed by atoms with E-state index in [0.717, 1.165) is 18.5 Å². The summed E-state index contributed by atoms with van der Waals surface area (Å²) in [4.78, 5) is 16.4. The molecule has 0 aromatic heterocycles. The van der Waals surface area contributed by atoms with E-state index in [1.165, 1.54) is 0 Å². The van der Waals surface area contributed by atoms with Gasteiger partial charge in [0, 0.05) is 31.7 Å². The number of carbonyl (C=O) groups is 1. The molecule has 1 saturated heterocycles. The van der Waals surface area contributed by atoms with Gasteiger partial charge < -0.3 is 14.9 Å². The monoisotopic (exact) mass is 276 g/mol. The summed E-state index contributed by atoms with van der Waals surface area (Å²) in [5.74, 6) is 0.310. The zero-order valence-corrected chi connectivity index (χ0v) is 12.3. The molecule has 1 aromatic rings. The zero-order valence-electron chi connectivity index (χ0n) is 12.3. The molecular weight excluding hydrogens is 252 g/mol. The van der Waals surface area contributed by atoms with Gasteiger partial charge in [0.2, 0.25) is 5.91 Å². The number of nitrogens with zero attached hydrogens (tertiary/aromatic N) is 2. The molecule has 1 fully saturated rings. The molecular formula is C16H24N2O2. The van der Waals surface area contributed by atoms with E-state index in [1.54, 1.807) is 0 Å². The Morgan fingerprint density at radius 2 is 2.05 bits per heavy atom. The van der Waals surface area contributed by atoms with Crippen molar-refractivity contribution in [2.45, 2.75) is 18.9 Å². The van der Waals surface area contributed by atoms with Crippen LogP contribution >= 0.6 is 0 Å². The molecule has 2 rings (SSSR count). The molecule has 4 nitrogen and oxygen atoms in total. The van der Waals surface area contributed by atoms with Crippen molar-refractivity contribution in [3.05, 3.63) is 35.9 Å². The quantitative estimate of drug-likeness (QED) is 0.892. The van der Waals surface area contributed by atoms with Gasteiger partial charge in [-0.2, -0.15) is 0 Å². The van der Waals surface area contributed by atoms with Gasteiger partial charge in [0.1, 0.15) is 0 Å². The van der Waals surface area contributed by atoms with Crippen LogP contribution in [0.15, 0.2) is 30.3 Å². The van der Waals surface area contributed by atoms with Gasteiger partial charge in [-0.3, -0.25) is 4.79 Å². The number of amides is 1. The van der Waals surface area contributed by atoms with Crippen molar-refractivity contribution in [2.24, 2.45) is 5.92 Å². The van der Waals surface area contributed by atoms with Crippen LogP contribution in [0.1, 0.15) is 12.0 Å². The maximum absolute atomic E-state index is 12.3. The van der Waals surface area contributed by atoms with Crippen molar-refractivity contribution < 1.29 is 9.90 Å². The van der Waals surface area contributed by atoms with Crippen LogP contribution in [0.2, 0.25) is 0 Å². The van der Waals surface area contributed by atoms with Gasteiger partial charge in [0.05, 0.1) is 6.42 Å². The minimum absolute atomic E-state index is 0.137. The highest BCUT2D eigenvalue weighted by Gasteiger charge is 2.31. The topological polar surface area (TPSA) is 43.8 Å². The molecule has 110 valence electrons. The van der Waals surface area contributed by atoms with E-state index in [4.69, 9.17) is 0 Å². The summed E-state index contributed by atoms with van der Waals surface area (Å²) in [6.07, 6.45) is 1.38. The van der Waals surface area contributed by atoms with Crippen LogP contribution in [-0.4, -0.2) is 60.6 Å². The van der Waals surface area contributed by atoms with E-state index in [9.17, 15) is 9.90 Å². The molecule has 1 amide bonds. The number of hydrogen-bond donors (Lipinski definition) is 1. The summed E-state index contributed by atoms with van der Waals surface area (Å²) in [6.45, 7) is 1.58. The molecule has 20 heavy (non-hydrogen) atoms. The van der Waals surface area contributed by atoms with Gasteiger partial charge in [-0.25, -0.2) is 0 Å². The summed E-state index contributed by atoms with van der Waals surface area (Å²) < 4.78 is 0. The van der Waals surface area contributed by atoms with E-state index in [0.29, 0.717) is 19.0 Å². The minimum Gasteiger partial charge on any atom is -0.396 e. The van der Waals surface area contributed by atoms with Gasteiger partial charge >= 0.3 is 0 Å². The Morgan fingerprint density at radius 1 is 1.35 bits per heavy atom. The first kappa shape index (κ1) is 15.0. The van der Waals surface area contributed by atoms with Crippen molar-refractivity contribution in [2.75, 3.05) is 33.8 Å². The van der Waals surface area contributed by atoms with Crippen LogP contribution in [0.3, 0.4) is 0 Å². The highest BCUT2D eigenvalue weighted by atomic mass is 16.3. The Hall–Kier alpha value is -1.39. The number of piperidine rings is 1. The molecule has 0 radical (unpaired) electrons. The Labute approximate surface area is 121 Å². The largest absolute Gasteiger partial charge is 0.396 e. The molecule has 1 heterocycles. The third kappa shape index (κ3) is 3.58. The summed E-state index contributed by atoms with van der Waals surface area (Å²) in [6, 6.07) is 10.2. The summed E-state index contributed by atoms with van der Waals surface area (Å²) in [5.41, 5.74) is 1.05. The SMILES string of the molecule is CN(C)[C@@H]1CCN(C(=O)Cc2ccccc2)C[C@@H]1CO. The number of likely N-dealkylation sites (tertiary alicyclic amines) is 1. The molecule has 0 unspecified atom stereocenters. The Bertz CT molecular complexity index is 433. The van der Waals surface area contributed by atoms with Gasteiger partial charge in [-0.15, -0.1) is 0 Å². The lowest BCUT2D eigenvalue weighted by Gasteiger charge is -2.40. The smallest absolute Gasteiger partial charge is 0.227 e. The Balaban J connectivity index is 1.95. The van der Waals surface area contributed by atoms with Crippen LogP contribution in [0, 0.1) is 5.92 Å². The van der Waals surface area contributed by atoms with Crippen LogP contribution in [0.25, 0.3) is 0 Å². The highest BCUT2D eigenvalue weighted by Crippen LogP contribution is 2.21. The molecule has 4 heteroatoms. The number of benzene rings is 1. The highest BCUT2D eigenvalue weighted by molar-refractivity contribution is 5.78. The fourth-order valence-corrected chi connectivity index (χ4v) is 2.99. The fraction of sp³-hybridized carbons (Fsp3) is 0.562. The van der Waals surface area contributed by atoms with Crippen LogP contribution < -0.4 is 0 Å². The molecule has 0 bridgehead atoms. The van der Waals surface area contributed by atoms with Gasteiger partial charge in [0.25, 0.3) is 0 Å². The Kier molecular flexibility index (Phi) is 5.15. The van der Waals surface area contributed by atoms with Crippen molar-refractivity contribution in [3.8, 4) is 0 Å². The van der Waals surface area contributed by atoms with Crippen molar-refractivity contribution in [1.82, 2.24) is 9.80 Å². The standard InChI is InChI=1S/C16H24N2O2/c1-17(2)15-8-9-18(11-14(15)12-19)16(20)10-13-6-4-3-5-7-13/h3-7,14-15,19H,8-12H2,1-2H3/t14-,15-/m1/s1. The van der Waals surface area contributed by atoms with Crippen LogP contribution in [0.5, 0.6) is 0 Å². The lowest BCUT2D eigenvalue weighted by Crippen LogP contribution is -2.52. The predicted molar refractivity (Wildman–Crippen MR) is 79.4 cm³/mol. The summed E-state index contributed by atoms with van der Waals surface area (Å²) in [5, 5.41) is 9.53. The molecule has 1 N–H and O–H groups in total. The first-order chi connectivity index (χ1) is 9.61. The average Bonchev–Trinajstić information content (AvgIpc) is 2.47. The molecule has 0 aliphatic carbocycles. The second-order valence-corrected chi connectivity index (χ2v) is 5.76. The van der Waals surface area contributed by atoms with Gasteiger partial charge in [-0.1, -0.05) is 30.3 Å². The maximum Gasteiger partial charge on any atom is 0.227 e. The number of rotatable bonds is 4.